The molecule has 1 aromatic carbocycles. The molecule has 0 heterocycles. The summed E-state index contributed by atoms with van der Waals surface area (Å²) in [6.45, 7) is 11.1. The van der Waals surface area contributed by atoms with Crippen LogP contribution in [0.15, 0.2) is 18.2 Å². The largest absolute Gasteiger partial charge is 0.488 e. The second kappa shape index (κ2) is 8.03. The number of benzene rings is 1. The van der Waals surface area contributed by atoms with Crippen LogP contribution in [-0.4, -0.2) is 41.3 Å². The van der Waals surface area contributed by atoms with Crippen molar-refractivity contribution in [3.05, 3.63) is 29.3 Å². The summed E-state index contributed by atoms with van der Waals surface area (Å²) >= 11 is 0. The highest BCUT2D eigenvalue weighted by molar-refractivity contribution is 5.74. The average molecular weight is 308 g/mol. The highest BCUT2D eigenvalue weighted by Gasteiger charge is 2.16. The van der Waals surface area contributed by atoms with Gasteiger partial charge in [0, 0.05) is 25.2 Å². The number of likely N-dealkylation sites (N-methyl/N-ethyl adjacent to an activating group) is 1. The van der Waals surface area contributed by atoms with Gasteiger partial charge >= 0.3 is 6.03 Å². The molecule has 0 aromatic heterocycles. The van der Waals surface area contributed by atoms with E-state index >= 15 is 0 Å². The SMILES string of the molecule is CCN(CCO)C(=O)NCc1ccc(C)cc1OC(C)(C)C. The fraction of sp³-hybridized carbons (Fsp3) is 0.588. The highest BCUT2D eigenvalue weighted by atomic mass is 16.5. The van der Waals surface area contributed by atoms with Gasteiger partial charge < -0.3 is 20.1 Å². The summed E-state index contributed by atoms with van der Waals surface area (Å²) in [5.41, 5.74) is 1.76. The summed E-state index contributed by atoms with van der Waals surface area (Å²) in [5, 5.41) is 11.8. The molecule has 0 radical (unpaired) electrons. The monoisotopic (exact) mass is 308 g/mol. The van der Waals surface area contributed by atoms with Gasteiger partial charge in [-0.05, 0) is 46.2 Å². The van der Waals surface area contributed by atoms with Crippen molar-refractivity contribution in [2.75, 3.05) is 19.7 Å². The Bertz CT molecular complexity index is 495. The third-order valence-electron chi connectivity index (χ3n) is 3.11. The Morgan fingerprint density at radius 3 is 2.59 bits per heavy atom. The molecule has 124 valence electrons. The van der Waals surface area contributed by atoms with Gasteiger partial charge in [-0.25, -0.2) is 4.79 Å². The maximum atomic E-state index is 12.1. The van der Waals surface area contributed by atoms with Gasteiger partial charge in [0.15, 0.2) is 0 Å². The molecule has 0 fully saturated rings. The molecule has 22 heavy (non-hydrogen) atoms. The first-order chi connectivity index (χ1) is 10.3. The van der Waals surface area contributed by atoms with E-state index in [4.69, 9.17) is 9.84 Å². The van der Waals surface area contributed by atoms with Crippen molar-refractivity contribution < 1.29 is 14.6 Å². The van der Waals surface area contributed by atoms with Gasteiger partial charge in [-0.1, -0.05) is 12.1 Å². The minimum Gasteiger partial charge on any atom is -0.488 e. The zero-order valence-corrected chi connectivity index (χ0v) is 14.3. The Morgan fingerprint density at radius 1 is 1.36 bits per heavy atom. The van der Waals surface area contributed by atoms with Crippen LogP contribution in [0.2, 0.25) is 0 Å². The average Bonchev–Trinajstić information content (AvgIpc) is 2.41. The summed E-state index contributed by atoms with van der Waals surface area (Å²) in [4.78, 5) is 13.6. The molecule has 0 aliphatic heterocycles. The molecule has 0 bridgehead atoms. The molecule has 5 nitrogen and oxygen atoms in total. The fourth-order valence-electron chi connectivity index (χ4n) is 2.04. The van der Waals surface area contributed by atoms with Crippen LogP contribution in [0.3, 0.4) is 0 Å². The Labute approximate surface area is 133 Å². The molecule has 0 spiro atoms. The molecule has 0 unspecified atom stereocenters. The number of aliphatic hydroxyl groups is 1. The minimum absolute atomic E-state index is 0.0375. The lowest BCUT2D eigenvalue weighted by Gasteiger charge is -2.24. The number of carbonyl (C=O) groups is 1. The summed E-state index contributed by atoms with van der Waals surface area (Å²) in [6, 6.07) is 5.78. The number of hydrogen-bond acceptors (Lipinski definition) is 3. The van der Waals surface area contributed by atoms with Gasteiger partial charge in [-0.2, -0.15) is 0 Å². The number of rotatable bonds is 6. The maximum Gasteiger partial charge on any atom is 0.317 e. The lowest BCUT2D eigenvalue weighted by Crippen LogP contribution is -2.41. The fourth-order valence-corrected chi connectivity index (χ4v) is 2.04. The molecule has 0 aliphatic rings. The number of nitrogens with one attached hydrogen (secondary N) is 1. The number of amides is 2. The van der Waals surface area contributed by atoms with Crippen molar-refractivity contribution in [3.8, 4) is 5.75 Å². The van der Waals surface area contributed by atoms with Gasteiger partial charge in [0.1, 0.15) is 11.4 Å². The molecule has 0 saturated heterocycles. The third-order valence-corrected chi connectivity index (χ3v) is 3.11. The van der Waals surface area contributed by atoms with Crippen LogP contribution in [0.1, 0.15) is 38.8 Å². The molecular weight excluding hydrogens is 280 g/mol. The number of urea groups is 1. The quantitative estimate of drug-likeness (QED) is 0.849. The molecule has 5 heteroatoms. The standard InChI is InChI=1S/C17H28N2O3/c1-6-19(9-10-20)16(21)18-12-14-8-7-13(2)11-15(14)22-17(3,4)5/h7-8,11,20H,6,9-10,12H2,1-5H3,(H,18,21). The van der Waals surface area contributed by atoms with E-state index in [0.717, 1.165) is 16.9 Å². The van der Waals surface area contributed by atoms with Crippen molar-refractivity contribution in [2.45, 2.75) is 46.8 Å². The molecule has 1 rings (SSSR count). The van der Waals surface area contributed by atoms with Crippen LogP contribution >= 0.6 is 0 Å². The second-order valence-corrected chi connectivity index (χ2v) is 6.29. The summed E-state index contributed by atoms with van der Waals surface area (Å²) in [5.74, 6) is 0.790. The zero-order valence-electron chi connectivity index (χ0n) is 14.3. The summed E-state index contributed by atoms with van der Waals surface area (Å²) in [7, 11) is 0. The first-order valence-electron chi connectivity index (χ1n) is 7.69. The van der Waals surface area contributed by atoms with E-state index in [1.165, 1.54) is 0 Å². The summed E-state index contributed by atoms with van der Waals surface area (Å²) < 4.78 is 5.98. The maximum absolute atomic E-state index is 12.1. The molecule has 2 amide bonds. The Kier molecular flexibility index (Phi) is 6.68. The lowest BCUT2D eigenvalue weighted by atomic mass is 10.1. The van der Waals surface area contributed by atoms with Crippen molar-refractivity contribution >= 4 is 6.03 Å². The Morgan fingerprint density at radius 2 is 2.05 bits per heavy atom. The van der Waals surface area contributed by atoms with E-state index in [9.17, 15) is 4.79 Å². The minimum atomic E-state index is -0.293. The topological polar surface area (TPSA) is 61.8 Å². The predicted octanol–water partition coefficient (Wildman–Crippen LogP) is 2.70. The van der Waals surface area contributed by atoms with E-state index in [0.29, 0.717) is 19.6 Å². The van der Waals surface area contributed by atoms with E-state index in [-0.39, 0.29) is 18.2 Å². The van der Waals surface area contributed by atoms with Crippen molar-refractivity contribution in [1.82, 2.24) is 10.2 Å². The van der Waals surface area contributed by atoms with Gasteiger partial charge in [-0.3, -0.25) is 0 Å². The van der Waals surface area contributed by atoms with Gasteiger partial charge in [0.25, 0.3) is 0 Å². The smallest absolute Gasteiger partial charge is 0.317 e. The van der Waals surface area contributed by atoms with Crippen molar-refractivity contribution in [1.29, 1.82) is 0 Å². The summed E-state index contributed by atoms with van der Waals surface area (Å²) in [6.07, 6.45) is 0. The number of carbonyl (C=O) groups excluding carboxylic acids is 1. The normalized spacial score (nSPS) is 11.2. The number of aryl methyl sites for hydroxylation is 1. The number of aliphatic hydroxyl groups excluding tert-OH is 1. The predicted molar refractivity (Wildman–Crippen MR) is 88.1 cm³/mol. The lowest BCUT2D eigenvalue weighted by molar-refractivity contribution is 0.129. The van der Waals surface area contributed by atoms with Crippen LogP contribution in [0.5, 0.6) is 5.75 Å². The zero-order chi connectivity index (χ0) is 16.8. The van der Waals surface area contributed by atoms with Crippen molar-refractivity contribution in [3.63, 3.8) is 0 Å². The third kappa shape index (κ3) is 5.93. The van der Waals surface area contributed by atoms with Gasteiger partial charge in [0.2, 0.25) is 0 Å². The second-order valence-electron chi connectivity index (χ2n) is 6.29. The van der Waals surface area contributed by atoms with Crippen LogP contribution in [0.4, 0.5) is 4.79 Å². The molecule has 1 aromatic rings. The number of hydrogen-bond donors (Lipinski definition) is 2. The molecule has 0 aliphatic carbocycles. The molecule has 0 atom stereocenters. The van der Waals surface area contributed by atoms with Gasteiger partial charge in [-0.15, -0.1) is 0 Å². The van der Waals surface area contributed by atoms with Crippen LogP contribution < -0.4 is 10.1 Å². The van der Waals surface area contributed by atoms with Crippen LogP contribution in [-0.2, 0) is 6.54 Å². The van der Waals surface area contributed by atoms with Crippen LogP contribution in [0.25, 0.3) is 0 Å². The van der Waals surface area contributed by atoms with Crippen LogP contribution in [0, 0.1) is 6.92 Å². The van der Waals surface area contributed by atoms with E-state index in [2.05, 4.69) is 5.32 Å². The first-order valence-corrected chi connectivity index (χ1v) is 7.69. The molecular formula is C17H28N2O3. The Hall–Kier alpha value is -1.75. The van der Waals surface area contributed by atoms with Crippen molar-refractivity contribution in [2.24, 2.45) is 0 Å². The van der Waals surface area contributed by atoms with E-state index in [1.54, 1.807) is 4.90 Å². The van der Waals surface area contributed by atoms with E-state index in [1.807, 2.05) is 52.8 Å². The number of nitrogens with zero attached hydrogens (tertiary/aromatic N) is 1. The molecule has 2 N–H and O–H groups in total. The van der Waals surface area contributed by atoms with E-state index < -0.39 is 0 Å². The number of ether oxygens (including phenoxy) is 1. The highest BCUT2D eigenvalue weighted by Crippen LogP contribution is 2.24. The first kappa shape index (κ1) is 18.3. The molecule has 0 saturated carbocycles. The van der Waals surface area contributed by atoms with Gasteiger partial charge in [0.05, 0.1) is 6.61 Å². The Balaban J connectivity index is 2.78.